The van der Waals surface area contributed by atoms with Gasteiger partial charge in [-0.2, -0.15) is 0 Å². The standard InChI is InChI=1S/C20H21NO3/c1-2-19-18(15-23-14-17-11-7-4-8-12-17)21(20(22)24-19)13-16-9-5-3-6-10-16/h2-12,18-19H,1,13-15H2/t18-,19+/m1/s1. The third-order valence-corrected chi connectivity index (χ3v) is 4.08. The van der Waals surface area contributed by atoms with Crippen LogP contribution < -0.4 is 0 Å². The number of hydrogen-bond acceptors (Lipinski definition) is 3. The third-order valence-electron chi connectivity index (χ3n) is 4.08. The average Bonchev–Trinajstić information content (AvgIpc) is 2.92. The molecule has 1 aliphatic heterocycles. The van der Waals surface area contributed by atoms with Gasteiger partial charge in [0, 0.05) is 6.54 Å². The summed E-state index contributed by atoms with van der Waals surface area (Å²) in [6, 6.07) is 19.7. The molecule has 0 radical (unpaired) electrons. The van der Waals surface area contributed by atoms with E-state index in [0.29, 0.717) is 19.8 Å². The van der Waals surface area contributed by atoms with Gasteiger partial charge >= 0.3 is 6.09 Å². The molecule has 3 rings (SSSR count). The van der Waals surface area contributed by atoms with Crippen molar-refractivity contribution in [2.75, 3.05) is 6.61 Å². The minimum Gasteiger partial charge on any atom is -0.440 e. The molecule has 2 atom stereocenters. The highest BCUT2D eigenvalue weighted by Crippen LogP contribution is 2.23. The van der Waals surface area contributed by atoms with Gasteiger partial charge in [-0.05, 0) is 17.2 Å². The first-order valence-corrected chi connectivity index (χ1v) is 8.03. The van der Waals surface area contributed by atoms with Gasteiger partial charge in [-0.15, -0.1) is 0 Å². The average molecular weight is 323 g/mol. The molecule has 0 spiro atoms. The zero-order valence-corrected chi connectivity index (χ0v) is 13.5. The summed E-state index contributed by atoms with van der Waals surface area (Å²) in [6.07, 6.45) is 0.994. The van der Waals surface area contributed by atoms with Crippen LogP contribution in [0.5, 0.6) is 0 Å². The molecule has 1 saturated heterocycles. The molecule has 0 aliphatic carbocycles. The minimum absolute atomic E-state index is 0.168. The topological polar surface area (TPSA) is 38.8 Å². The van der Waals surface area contributed by atoms with E-state index >= 15 is 0 Å². The minimum atomic E-state index is -0.350. The highest BCUT2D eigenvalue weighted by atomic mass is 16.6. The summed E-state index contributed by atoms with van der Waals surface area (Å²) in [5.41, 5.74) is 2.17. The summed E-state index contributed by atoms with van der Waals surface area (Å²) >= 11 is 0. The van der Waals surface area contributed by atoms with Crippen LogP contribution in [-0.4, -0.2) is 29.7 Å². The Morgan fingerprint density at radius 1 is 1.04 bits per heavy atom. The molecule has 0 N–H and O–H groups in total. The van der Waals surface area contributed by atoms with Crippen LogP contribution in [0, 0.1) is 0 Å². The second-order valence-corrected chi connectivity index (χ2v) is 5.77. The predicted octanol–water partition coefficient (Wildman–Crippen LogP) is 3.78. The Morgan fingerprint density at radius 3 is 2.29 bits per heavy atom. The maximum Gasteiger partial charge on any atom is 0.411 e. The first-order chi connectivity index (χ1) is 11.8. The van der Waals surface area contributed by atoms with Crippen LogP contribution in [0.25, 0.3) is 0 Å². The van der Waals surface area contributed by atoms with Crippen molar-refractivity contribution in [3.05, 3.63) is 84.4 Å². The lowest BCUT2D eigenvalue weighted by atomic mass is 10.1. The number of nitrogens with zero attached hydrogens (tertiary/aromatic N) is 1. The van der Waals surface area contributed by atoms with Gasteiger partial charge < -0.3 is 9.47 Å². The van der Waals surface area contributed by atoms with E-state index in [9.17, 15) is 4.79 Å². The molecule has 1 heterocycles. The lowest BCUT2D eigenvalue weighted by molar-refractivity contribution is 0.0637. The second-order valence-electron chi connectivity index (χ2n) is 5.77. The zero-order valence-electron chi connectivity index (χ0n) is 13.5. The number of cyclic esters (lactones) is 1. The fraction of sp³-hybridized carbons (Fsp3) is 0.250. The lowest BCUT2D eigenvalue weighted by Gasteiger charge is -2.23. The lowest BCUT2D eigenvalue weighted by Crippen LogP contribution is -2.39. The molecule has 1 aliphatic rings. The van der Waals surface area contributed by atoms with Gasteiger partial charge in [-0.25, -0.2) is 4.79 Å². The van der Waals surface area contributed by atoms with Crippen molar-refractivity contribution in [1.29, 1.82) is 0 Å². The number of hydrogen-bond donors (Lipinski definition) is 0. The number of rotatable bonds is 7. The molecule has 124 valence electrons. The van der Waals surface area contributed by atoms with Gasteiger partial charge in [0.25, 0.3) is 0 Å². The molecule has 0 unspecified atom stereocenters. The van der Waals surface area contributed by atoms with Gasteiger partial charge in [-0.1, -0.05) is 67.2 Å². The summed E-state index contributed by atoms with van der Waals surface area (Å²) < 4.78 is 11.2. The highest BCUT2D eigenvalue weighted by molar-refractivity contribution is 5.71. The molecule has 0 aromatic heterocycles. The van der Waals surface area contributed by atoms with E-state index in [1.54, 1.807) is 11.0 Å². The molecule has 0 bridgehead atoms. The van der Waals surface area contributed by atoms with Crippen molar-refractivity contribution >= 4 is 6.09 Å². The van der Waals surface area contributed by atoms with Crippen molar-refractivity contribution in [3.8, 4) is 0 Å². The Morgan fingerprint density at radius 2 is 1.67 bits per heavy atom. The molecular formula is C20H21NO3. The largest absolute Gasteiger partial charge is 0.440 e. The zero-order chi connectivity index (χ0) is 16.8. The van der Waals surface area contributed by atoms with Crippen LogP contribution in [-0.2, 0) is 22.6 Å². The van der Waals surface area contributed by atoms with E-state index in [-0.39, 0.29) is 18.2 Å². The van der Waals surface area contributed by atoms with E-state index in [1.165, 1.54) is 0 Å². The number of carbonyl (C=O) groups excluding carboxylic acids is 1. The van der Waals surface area contributed by atoms with Gasteiger partial charge in [-0.3, -0.25) is 4.90 Å². The molecule has 1 fully saturated rings. The monoisotopic (exact) mass is 323 g/mol. The molecule has 4 heteroatoms. The van der Waals surface area contributed by atoms with Crippen molar-refractivity contribution < 1.29 is 14.3 Å². The van der Waals surface area contributed by atoms with Gasteiger partial charge in [0.1, 0.15) is 6.10 Å². The van der Waals surface area contributed by atoms with Crippen molar-refractivity contribution in [2.45, 2.75) is 25.3 Å². The SMILES string of the molecule is C=C[C@@H]1OC(=O)N(Cc2ccccc2)[C@@H]1COCc1ccccc1. The normalized spacial score (nSPS) is 20.0. The number of benzene rings is 2. The molecular weight excluding hydrogens is 302 g/mol. The summed E-state index contributed by atoms with van der Waals surface area (Å²) in [4.78, 5) is 13.9. The highest BCUT2D eigenvalue weighted by Gasteiger charge is 2.40. The van der Waals surface area contributed by atoms with Crippen molar-refractivity contribution in [2.24, 2.45) is 0 Å². The van der Waals surface area contributed by atoms with E-state index in [1.807, 2.05) is 60.7 Å². The Balaban J connectivity index is 1.64. The number of ether oxygens (including phenoxy) is 2. The van der Waals surface area contributed by atoms with Gasteiger partial charge in [0.05, 0.1) is 19.3 Å². The van der Waals surface area contributed by atoms with E-state index < -0.39 is 0 Å². The Bertz CT molecular complexity index is 672. The molecule has 24 heavy (non-hydrogen) atoms. The number of carbonyl (C=O) groups is 1. The molecule has 2 aromatic rings. The first kappa shape index (κ1) is 16.3. The Hall–Kier alpha value is -2.59. The fourth-order valence-corrected chi connectivity index (χ4v) is 2.80. The smallest absolute Gasteiger partial charge is 0.411 e. The Kier molecular flexibility index (Phi) is 5.29. The molecule has 0 saturated carbocycles. The predicted molar refractivity (Wildman–Crippen MR) is 92.3 cm³/mol. The van der Waals surface area contributed by atoms with Gasteiger partial charge in [0.2, 0.25) is 0 Å². The van der Waals surface area contributed by atoms with Crippen LogP contribution in [0.3, 0.4) is 0 Å². The first-order valence-electron chi connectivity index (χ1n) is 8.03. The van der Waals surface area contributed by atoms with Gasteiger partial charge in [0.15, 0.2) is 0 Å². The number of amides is 1. The van der Waals surface area contributed by atoms with Crippen LogP contribution in [0.1, 0.15) is 11.1 Å². The maximum absolute atomic E-state index is 12.2. The third kappa shape index (κ3) is 3.84. The second kappa shape index (κ2) is 7.79. The van der Waals surface area contributed by atoms with E-state index in [2.05, 4.69) is 6.58 Å². The van der Waals surface area contributed by atoms with Crippen LogP contribution >= 0.6 is 0 Å². The van der Waals surface area contributed by atoms with Crippen molar-refractivity contribution in [1.82, 2.24) is 4.90 Å². The van der Waals surface area contributed by atoms with Crippen LogP contribution in [0.4, 0.5) is 4.79 Å². The Labute approximate surface area is 142 Å². The summed E-state index contributed by atoms with van der Waals surface area (Å²) in [5.74, 6) is 0. The fourth-order valence-electron chi connectivity index (χ4n) is 2.80. The van der Waals surface area contributed by atoms with Crippen LogP contribution in [0.2, 0.25) is 0 Å². The van der Waals surface area contributed by atoms with Crippen molar-refractivity contribution in [3.63, 3.8) is 0 Å². The summed E-state index contributed by atoms with van der Waals surface area (Å²) in [5, 5.41) is 0. The summed E-state index contributed by atoms with van der Waals surface area (Å²) in [7, 11) is 0. The molecule has 4 nitrogen and oxygen atoms in total. The molecule has 1 amide bonds. The maximum atomic E-state index is 12.2. The summed E-state index contributed by atoms with van der Waals surface area (Å²) in [6.45, 7) is 5.19. The van der Waals surface area contributed by atoms with E-state index in [4.69, 9.17) is 9.47 Å². The quantitative estimate of drug-likeness (QED) is 0.728. The van der Waals surface area contributed by atoms with Crippen LogP contribution in [0.15, 0.2) is 73.3 Å². The van der Waals surface area contributed by atoms with E-state index in [0.717, 1.165) is 11.1 Å². The molecule has 2 aromatic carbocycles.